The number of nitro benzene ring substituents is 1. The SMILES string of the molecule is O=C(Nc1ccccc1C(=O)N1CCOCC1)c1ccc(-c2cccc([N+](=O)[O-])c2)o1. The van der Waals surface area contributed by atoms with Crippen molar-refractivity contribution in [3.05, 3.63) is 82.1 Å². The highest BCUT2D eigenvalue weighted by Crippen LogP contribution is 2.26. The topological polar surface area (TPSA) is 115 Å². The number of morpholine rings is 1. The molecule has 2 aromatic carbocycles. The first kappa shape index (κ1) is 20.3. The van der Waals surface area contributed by atoms with E-state index in [1.165, 1.54) is 18.2 Å². The fourth-order valence-corrected chi connectivity index (χ4v) is 3.29. The molecule has 1 aromatic heterocycles. The second-order valence-electron chi connectivity index (χ2n) is 6.88. The zero-order chi connectivity index (χ0) is 21.8. The van der Waals surface area contributed by atoms with Gasteiger partial charge in [-0.2, -0.15) is 0 Å². The molecule has 2 heterocycles. The minimum atomic E-state index is -0.529. The van der Waals surface area contributed by atoms with Crippen molar-refractivity contribution in [2.24, 2.45) is 0 Å². The number of amides is 2. The van der Waals surface area contributed by atoms with Crippen LogP contribution in [0.5, 0.6) is 0 Å². The molecule has 0 radical (unpaired) electrons. The average Bonchev–Trinajstić information content (AvgIpc) is 3.30. The molecule has 0 aliphatic carbocycles. The summed E-state index contributed by atoms with van der Waals surface area (Å²) in [5.74, 6) is -0.364. The van der Waals surface area contributed by atoms with E-state index in [0.717, 1.165) is 0 Å². The van der Waals surface area contributed by atoms with Crippen molar-refractivity contribution in [2.45, 2.75) is 0 Å². The van der Waals surface area contributed by atoms with Crippen LogP contribution in [0.25, 0.3) is 11.3 Å². The highest BCUT2D eigenvalue weighted by atomic mass is 16.6. The minimum Gasteiger partial charge on any atom is -0.451 e. The second kappa shape index (κ2) is 8.80. The number of nitrogens with one attached hydrogen (secondary N) is 1. The van der Waals surface area contributed by atoms with Crippen LogP contribution in [0, 0.1) is 10.1 Å². The summed E-state index contributed by atoms with van der Waals surface area (Å²) in [6.45, 7) is 1.94. The van der Waals surface area contributed by atoms with Crippen LogP contribution >= 0.6 is 0 Å². The molecule has 0 unspecified atom stereocenters. The lowest BCUT2D eigenvalue weighted by atomic mass is 10.1. The molecule has 1 aliphatic rings. The van der Waals surface area contributed by atoms with Gasteiger partial charge in [0.05, 0.1) is 29.4 Å². The van der Waals surface area contributed by atoms with Gasteiger partial charge in [0.2, 0.25) is 0 Å². The first-order valence-electron chi connectivity index (χ1n) is 9.65. The summed E-state index contributed by atoms with van der Waals surface area (Å²) in [6, 6.07) is 15.8. The third-order valence-corrected chi connectivity index (χ3v) is 4.88. The lowest BCUT2D eigenvalue weighted by Gasteiger charge is -2.27. The van der Waals surface area contributed by atoms with Gasteiger partial charge in [0.1, 0.15) is 5.76 Å². The Kier molecular flexibility index (Phi) is 5.76. The van der Waals surface area contributed by atoms with Gasteiger partial charge in [-0.3, -0.25) is 19.7 Å². The first-order chi connectivity index (χ1) is 15.0. The number of furan rings is 1. The zero-order valence-electron chi connectivity index (χ0n) is 16.4. The summed E-state index contributed by atoms with van der Waals surface area (Å²) in [6.07, 6.45) is 0. The van der Waals surface area contributed by atoms with Crippen LogP contribution in [0.15, 0.2) is 65.1 Å². The van der Waals surface area contributed by atoms with Crippen molar-refractivity contribution in [3.63, 3.8) is 0 Å². The largest absolute Gasteiger partial charge is 0.451 e. The predicted octanol–water partition coefficient (Wildman–Crippen LogP) is 3.58. The van der Waals surface area contributed by atoms with Crippen LogP contribution in [-0.4, -0.2) is 47.9 Å². The minimum absolute atomic E-state index is 0.0233. The average molecular weight is 421 g/mol. The van der Waals surface area contributed by atoms with E-state index in [2.05, 4.69) is 5.32 Å². The van der Waals surface area contributed by atoms with Gasteiger partial charge >= 0.3 is 0 Å². The van der Waals surface area contributed by atoms with Crippen LogP contribution in [0.3, 0.4) is 0 Å². The maximum absolute atomic E-state index is 12.9. The summed E-state index contributed by atoms with van der Waals surface area (Å²) in [5, 5.41) is 13.7. The van der Waals surface area contributed by atoms with Gasteiger partial charge in [0.25, 0.3) is 17.5 Å². The molecule has 1 fully saturated rings. The van der Waals surface area contributed by atoms with E-state index in [1.54, 1.807) is 47.4 Å². The Balaban J connectivity index is 1.53. The van der Waals surface area contributed by atoms with Crippen LogP contribution in [0.1, 0.15) is 20.9 Å². The van der Waals surface area contributed by atoms with Crippen molar-refractivity contribution < 1.29 is 23.7 Å². The van der Waals surface area contributed by atoms with E-state index in [1.807, 2.05) is 0 Å². The molecule has 9 nitrogen and oxygen atoms in total. The van der Waals surface area contributed by atoms with Crippen LogP contribution < -0.4 is 5.32 Å². The van der Waals surface area contributed by atoms with Crippen LogP contribution in [-0.2, 0) is 4.74 Å². The number of nitrogens with zero attached hydrogens (tertiary/aromatic N) is 2. The molecule has 0 bridgehead atoms. The molecule has 1 saturated heterocycles. The summed E-state index contributed by atoms with van der Waals surface area (Å²) in [5.41, 5.74) is 1.16. The standard InChI is InChI=1S/C22H19N3O6/c26-21(20-9-8-19(31-20)15-4-3-5-16(14-15)25(28)29)23-18-7-2-1-6-17(18)22(27)24-10-12-30-13-11-24/h1-9,14H,10-13H2,(H,23,26). The third kappa shape index (κ3) is 4.46. The molecule has 0 saturated carbocycles. The molecule has 3 aromatic rings. The van der Waals surface area contributed by atoms with Crippen molar-refractivity contribution >= 4 is 23.2 Å². The Labute approximate surface area is 177 Å². The fourth-order valence-electron chi connectivity index (χ4n) is 3.29. The van der Waals surface area contributed by atoms with E-state index in [0.29, 0.717) is 48.9 Å². The zero-order valence-corrected chi connectivity index (χ0v) is 16.4. The van der Waals surface area contributed by atoms with Gasteiger partial charge in [-0.1, -0.05) is 24.3 Å². The maximum atomic E-state index is 12.9. The number of para-hydroxylation sites is 1. The first-order valence-corrected chi connectivity index (χ1v) is 9.65. The molecule has 2 amide bonds. The van der Waals surface area contributed by atoms with Gasteiger partial charge < -0.3 is 19.4 Å². The fraction of sp³-hybridized carbons (Fsp3) is 0.182. The van der Waals surface area contributed by atoms with Crippen molar-refractivity contribution in [2.75, 3.05) is 31.6 Å². The van der Waals surface area contributed by atoms with Crippen molar-refractivity contribution in [1.82, 2.24) is 4.90 Å². The summed E-state index contributed by atoms with van der Waals surface area (Å²) in [4.78, 5) is 37.7. The summed E-state index contributed by atoms with van der Waals surface area (Å²) in [7, 11) is 0. The highest BCUT2D eigenvalue weighted by Gasteiger charge is 2.22. The molecule has 9 heteroatoms. The van der Waals surface area contributed by atoms with E-state index in [-0.39, 0.29) is 17.4 Å². The number of carbonyl (C=O) groups excluding carboxylic acids is 2. The lowest BCUT2D eigenvalue weighted by molar-refractivity contribution is -0.384. The Morgan fingerprint density at radius 3 is 2.55 bits per heavy atom. The molecule has 1 aliphatic heterocycles. The second-order valence-corrected chi connectivity index (χ2v) is 6.88. The molecule has 1 N–H and O–H groups in total. The normalized spacial score (nSPS) is 13.6. The van der Waals surface area contributed by atoms with Gasteiger partial charge in [-0.25, -0.2) is 0 Å². The smallest absolute Gasteiger partial charge is 0.291 e. The molecule has 31 heavy (non-hydrogen) atoms. The number of hydrogen-bond acceptors (Lipinski definition) is 6. The van der Waals surface area contributed by atoms with Gasteiger partial charge in [-0.05, 0) is 24.3 Å². The predicted molar refractivity (Wildman–Crippen MR) is 112 cm³/mol. The summed E-state index contributed by atoms with van der Waals surface area (Å²) >= 11 is 0. The summed E-state index contributed by atoms with van der Waals surface area (Å²) < 4.78 is 10.9. The molecule has 158 valence electrons. The Hall–Kier alpha value is -3.98. The van der Waals surface area contributed by atoms with Crippen LogP contribution in [0.4, 0.5) is 11.4 Å². The molecule has 0 atom stereocenters. The molecular weight excluding hydrogens is 402 g/mol. The number of non-ortho nitro benzene ring substituents is 1. The Bertz CT molecular complexity index is 1130. The quantitative estimate of drug-likeness (QED) is 0.497. The lowest BCUT2D eigenvalue weighted by Crippen LogP contribution is -2.41. The van der Waals surface area contributed by atoms with Crippen molar-refractivity contribution in [1.29, 1.82) is 0 Å². The van der Waals surface area contributed by atoms with E-state index < -0.39 is 10.8 Å². The number of anilines is 1. The number of nitro groups is 1. The monoisotopic (exact) mass is 421 g/mol. The van der Waals surface area contributed by atoms with E-state index in [4.69, 9.17) is 9.15 Å². The number of carbonyl (C=O) groups is 2. The molecular formula is C22H19N3O6. The van der Waals surface area contributed by atoms with Crippen molar-refractivity contribution in [3.8, 4) is 11.3 Å². The van der Waals surface area contributed by atoms with E-state index >= 15 is 0 Å². The Morgan fingerprint density at radius 1 is 1.00 bits per heavy atom. The Morgan fingerprint density at radius 2 is 1.77 bits per heavy atom. The number of benzene rings is 2. The number of ether oxygens (including phenoxy) is 1. The number of hydrogen-bond donors (Lipinski definition) is 1. The van der Waals surface area contributed by atoms with E-state index in [9.17, 15) is 19.7 Å². The molecule has 4 rings (SSSR count). The van der Waals surface area contributed by atoms with Gasteiger partial charge in [-0.15, -0.1) is 0 Å². The third-order valence-electron chi connectivity index (χ3n) is 4.88. The van der Waals surface area contributed by atoms with Gasteiger partial charge in [0, 0.05) is 30.8 Å². The number of rotatable bonds is 5. The van der Waals surface area contributed by atoms with Crippen LogP contribution in [0.2, 0.25) is 0 Å². The maximum Gasteiger partial charge on any atom is 0.291 e. The van der Waals surface area contributed by atoms with Gasteiger partial charge in [0.15, 0.2) is 5.76 Å². The molecule has 0 spiro atoms. The highest BCUT2D eigenvalue weighted by molar-refractivity contribution is 6.08.